The lowest BCUT2D eigenvalue weighted by Gasteiger charge is -1.91. The van der Waals surface area contributed by atoms with E-state index in [4.69, 9.17) is 0 Å². The summed E-state index contributed by atoms with van der Waals surface area (Å²) in [5.74, 6) is -0.169. The Morgan fingerprint density at radius 1 is 1.62 bits per heavy atom. The van der Waals surface area contributed by atoms with Crippen LogP contribution in [0.15, 0.2) is 11.2 Å². The third-order valence-corrected chi connectivity index (χ3v) is 1.61. The van der Waals surface area contributed by atoms with Crippen LogP contribution in [0.25, 0.3) is 0 Å². The second-order valence-corrected chi connectivity index (χ2v) is 2.98. The summed E-state index contributed by atoms with van der Waals surface area (Å²) in [4.78, 5) is 13.6. The minimum Gasteiger partial charge on any atom is -0.358 e. The molecule has 1 aromatic heterocycles. The Bertz CT molecular complexity index is 339. The number of hydrogen-bond donors (Lipinski definition) is 2. The van der Waals surface area contributed by atoms with Gasteiger partial charge in [0.25, 0.3) is 0 Å². The van der Waals surface area contributed by atoms with Crippen molar-refractivity contribution in [3.05, 3.63) is 23.0 Å². The Morgan fingerprint density at radius 2 is 2.31 bits per heavy atom. The van der Waals surface area contributed by atoms with Crippen LogP contribution in [0.3, 0.4) is 0 Å². The molecule has 1 rings (SSSR count). The lowest BCUT2D eigenvalue weighted by Crippen LogP contribution is -2.12. The van der Waals surface area contributed by atoms with Gasteiger partial charge in [-0.25, -0.2) is 5.43 Å². The molecule has 0 spiro atoms. The molecule has 2 N–H and O–H groups in total. The fraction of sp³-hybridized carbons (Fsp3) is 0.333. The molecule has 4 heteroatoms. The second kappa shape index (κ2) is 3.89. The predicted molar refractivity (Wildman–Crippen MR) is 51.7 cm³/mol. The molecule has 0 fully saturated rings. The summed E-state index contributed by atoms with van der Waals surface area (Å²) >= 11 is 0. The highest BCUT2D eigenvalue weighted by molar-refractivity contribution is 5.81. The number of rotatable bonds is 2. The van der Waals surface area contributed by atoms with Crippen LogP contribution in [-0.4, -0.2) is 17.1 Å². The van der Waals surface area contributed by atoms with Crippen molar-refractivity contribution in [1.82, 2.24) is 10.4 Å². The minimum absolute atomic E-state index is 0.169. The van der Waals surface area contributed by atoms with Crippen LogP contribution >= 0.6 is 0 Å². The average molecular weight is 179 g/mol. The number of carbonyl (C=O) groups is 1. The Hall–Kier alpha value is -1.58. The number of aryl methyl sites for hydroxylation is 2. The zero-order valence-corrected chi connectivity index (χ0v) is 8.01. The van der Waals surface area contributed by atoms with Gasteiger partial charge < -0.3 is 4.98 Å². The number of carbonyl (C=O) groups excluding carboxylic acids is 1. The normalized spacial score (nSPS) is 10.7. The molecule has 70 valence electrons. The van der Waals surface area contributed by atoms with Gasteiger partial charge in [-0.3, -0.25) is 4.79 Å². The largest absolute Gasteiger partial charge is 0.358 e. The van der Waals surface area contributed by atoms with Gasteiger partial charge in [0.15, 0.2) is 0 Å². The number of H-pyrrole nitrogens is 1. The van der Waals surface area contributed by atoms with Crippen molar-refractivity contribution in [3.63, 3.8) is 0 Å². The maximum Gasteiger partial charge on any atom is 0.236 e. The van der Waals surface area contributed by atoms with Crippen molar-refractivity contribution in [1.29, 1.82) is 0 Å². The summed E-state index contributed by atoms with van der Waals surface area (Å²) in [6.45, 7) is 5.38. The topological polar surface area (TPSA) is 57.2 Å². The third-order valence-electron chi connectivity index (χ3n) is 1.61. The van der Waals surface area contributed by atoms with E-state index in [1.165, 1.54) is 6.92 Å². The lowest BCUT2D eigenvalue weighted by molar-refractivity contribution is -0.118. The second-order valence-electron chi connectivity index (χ2n) is 2.98. The first-order valence-electron chi connectivity index (χ1n) is 4.05. The van der Waals surface area contributed by atoms with Crippen molar-refractivity contribution in [2.24, 2.45) is 5.10 Å². The third kappa shape index (κ3) is 2.74. The van der Waals surface area contributed by atoms with E-state index in [1.54, 1.807) is 6.21 Å². The monoisotopic (exact) mass is 179 g/mol. The molecule has 1 aromatic rings. The van der Waals surface area contributed by atoms with E-state index in [0.29, 0.717) is 0 Å². The van der Waals surface area contributed by atoms with E-state index in [9.17, 15) is 4.79 Å². The molecule has 0 aliphatic heterocycles. The molecule has 13 heavy (non-hydrogen) atoms. The summed E-state index contributed by atoms with van der Waals surface area (Å²) in [6, 6.07) is 2.02. The molecule has 0 atom stereocenters. The van der Waals surface area contributed by atoms with Crippen LogP contribution in [0.4, 0.5) is 0 Å². The number of hydrogen-bond acceptors (Lipinski definition) is 2. The number of nitrogens with zero attached hydrogens (tertiary/aromatic N) is 1. The van der Waals surface area contributed by atoms with Gasteiger partial charge in [-0.15, -0.1) is 0 Å². The summed E-state index contributed by atoms with van der Waals surface area (Å²) in [7, 11) is 0. The predicted octanol–water partition coefficient (Wildman–Crippen LogP) is 1.10. The molecule has 0 unspecified atom stereocenters. The van der Waals surface area contributed by atoms with Crippen LogP contribution in [0, 0.1) is 13.8 Å². The lowest BCUT2D eigenvalue weighted by atomic mass is 10.3. The first kappa shape index (κ1) is 9.51. The van der Waals surface area contributed by atoms with Crippen LogP contribution in [0.5, 0.6) is 0 Å². The van der Waals surface area contributed by atoms with E-state index < -0.39 is 0 Å². The Labute approximate surface area is 77.0 Å². The summed E-state index contributed by atoms with van der Waals surface area (Å²) in [5, 5.41) is 3.76. The Balaban J connectivity index is 2.68. The van der Waals surface area contributed by atoms with Gasteiger partial charge in [0.1, 0.15) is 0 Å². The molecule has 0 aliphatic carbocycles. The highest BCUT2D eigenvalue weighted by Gasteiger charge is 1.97. The van der Waals surface area contributed by atoms with Gasteiger partial charge in [-0.05, 0) is 25.5 Å². The standard InChI is InChI=1S/C9H13N3O/c1-6-4-7(2)11-9(6)5-10-12-8(3)13/h4-5,11H,1-3H3,(H,12,13)/b10-5+. The highest BCUT2D eigenvalue weighted by Crippen LogP contribution is 2.05. The summed E-state index contributed by atoms with van der Waals surface area (Å²) in [6.07, 6.45) is 1.60. The van der Waals surface area contributed by atoms with Crippen molar-refractivity contribution in [2.75, 3.05) is 0 Å². The van der Waals surface area contributed by atoms with Crippen molar-refractivity contribution in [2.45, 2.75) is 20.8 Å². The molecule has 0 radical (unpaired) electrons. The van der Waals surface area contributed by atoms with Crippen LogP contribution in [-0.2, 0) is 4.79 Å². The molecular weight excluding hydrogens is 166 g/mol. The molecule has 0 aromatic carbocycles. The molecule has 0 saturated heterocycles. The Kier molecular flexibility index (Phi) is 2.84. The zero-order valence-electron chi connectivity index (χ0n) is 8.01. The molecule has 0 aliphatic rings. The summed E-state index contributed by atoms with van der Waals surface area (Å²) in [5.41, 5.74) is 5.47. The van der Waals surface area contributed by atoms with Crippen LogP contribution in [0.1, 0.15) is 23.9 Å². The van der Waals surface area contributed by atoms with Gasteiger partial charge in [0, 0.05) is 12.6 Å². The maximum atomic E-state index is 10.5. The summed E-state index contributed by atoms with van der Waals surface area (Å²) < 4.78 is 0. The van der Waals surface area contributed by atoms with Gasteiger partial charge in [-0.1, -0.05) is 0 Å². The van der Waals surface area contributed by atoms with Gasteiger partial charge >= 0.3 is 0 Å². The SMILES string of the molecule is CC(=O)N/N=C/c1[nH]c(C)cc1C. The van der Waals surface area contributed by atoms with Crippen molar-refractivity contribution in [3.8, 4) is 0 Å². The number of nitrogens with one attached hydrogen (secondary N) is 2. The molecular formula is C9H13N3O. The van der Waals surface area contributed by atoms with Crippen molar-refractivity contribution >= 4 is 12.1 Å². The molecule has 1 amide bonds. The number of aromatic nitrogens is 1. The Morgan fingerprint density at radius 3 is 2.77 bits per heavy atom. The van der Waals surface area contributed by atoms with Crippen LogP contribution < -0.4 is 5.43 Å². The van der Waals surface area contributed by atoms with Gasteiger partial charge in [0.2, 0.25) is 5.91 Å². The molecule has 1 heterocycles. The first-order chi connectivity index (χ1) is 6.09. The van der Waals surface area contributed by atoms with Crippen LogP contribution in [0.2, 0.25) is 0 Å². The molecule has 4 nitrogen and oxygen atoms in total. The smallest absolute Gasteiger partial charge is 0.236 e. The van der Waals surface area contributed by atoms with E-state index >= 15 is 0 Å². The molecule has 0 bridgehead atoms. The number of hydrazone groups is 1. The average Bonchev–Trinajstić information content (AvgIpc) is 2.29. The fourth-order valence-corrected chi connectivity index (χ4v) is 1.07. The fourth-order valence-electron chi connectivity index (χ4n) is 1.07. The zero-order chi connectivity index (χ0) is 9.84. The quantitative estimate of drug-likeness (QED) is 0.518. The van der Waals surface area contributed by atoms with E-state index in [-0.39, 0.29) is 5.91 Å². The molecule has 0 saturated carbocycles. The van der Waals surface area contributed by atoms with E-state index in [0.717, 1.165) is 17.0 Å². The number of aromatic amines is 1. The number of amides is 1. The maximum absolute atomic E-state index is 10.5. The van der Waals surface area contributed by atoms with Gasteiger partial charge in [0.05, 0.1) is 11.9 Å². The first-order valence-corrected chi connectivity index (χ1v) is 4.05. The minimum atomic E-state index is -0.169. The van der Waals surface area contributed by atoms with E-state index in [1.807, 2.05) is 19.9 Å². The highest BCUT2D eigenvalue weighted by atomic mass is 16.2. The van der Waals surface area contributed by atoms with E-state index in [2.05, 4.69) is 15.5 Å². The van der Waals surface area contributed by atoms with Gasteiger partial charge in [-0.2, -0.15) is 5.10 Å². The van der Waals surface area contributed by atoms with Crippen molar-refractivity contribution < 1.29 is 4.79 Å².